The molecule has 23 heavy (non-hydrogen) atoms. The average molecular weight is 324 g/mol. The number of tetrazole rings is 1. The molecule has 1 amide bonds. The van der Waals surface area contributed by atoms with Gasteiger partial charge < -0.3 is 9.64 Å². The highest BCUT2D eigenvalue weighted by molar-refractivity contribution is 5.75. The van der Waals surface area contributed by atoms with Gasteiger partial charge in [0.15, 0.2) is 5.82 Å². The van der Waals surface area contributed by atoms with Gasteiger partial charge in [0.05, 0.1) is 12.6 Å². The first-order chi connectivity index (χ1) is 11.0. The Morgan fingerprint density at radius 3 is 2.83 bits per heavy atom. The molecule has 2 rings (SSSR count). The van der Waals surface area contributed by atoms with Crippen LogP contribution in [-0.2, 0) is 22.6 Å². The number of ether oxygens (including phenoxy) is 1. The lowest BCUT2D eigenvalue weighted by atomic mass is 10.1. The summed E-state index contributed by atoms with van der Waals surface area (Å²) in [7, 11) is 3.82. The molecule has 8 heteroatoms. The lowest BCUT2D eigenvalue weighted by Crippen LogP contribution is -2.39. The van der Waals surface area contributed by atoms with E-state index in [2.05, 4.69) is 34.3 Å². The number of carbonyl (C=O) groups excluding carboxylic acids is 1. The van der Waals surface area contributed by atoms with E-state index in [9.17, 15) is 4.79 Å². The molecule has 1 aliphatic rings. The molecule has 0 aliphatic carbocycles. The molecule has 0 unspecified atom stereocenters. The number of nitrogens with zero attached hydrogens (tertiary/aromatic N) is 6. The molecule has 0 radical (unpaired) electrons. The normalized spacial score (nSPS) is 18.6. The van der Waals surface area contributed by atoms with Crippen LogP contribution in [0.3, 0.4) is 0 Å². The molecule has 1 fully saturated rings. The summed E-state index contributed by atoms with van der Waals surface area (Å²) in [6.45, 7) is 6.42. The summed E-state index contributed by atoms with van der Waals surface area (Å²) >= 11 is 0. The van der Waals surface area contributed by atoms with Crippen LogP contribution in [0.25, 0.3) is 0 Å². The second kappa shape index (κ2) is 8.35. The van der Waals surface area contributed by atoms with E-state index in [1.165, 1.54) is 6.42 Å². The zero-order chi connectivity index (χ0) is 16.8. The summed E-state index contributed by atoms with van der Waals surface area (Å²) in [5.41, 5.74) is 0. The van der Waals surface area contributed by atoms with E-state index in [0.29, 0.717) is 25.0 Å². The van der Waals surface area contributed by atoms with Crippen LogP contribution in [0.4, 0.5) is 0 Å². The second-order valence-corrected chi connectivity index (χ2v) is 6.52. The van der Waals surface area contributed by atoms with Crippen molar-refractivity contribution in [3.63, 3.8) is 0 Å². The summed E-state index contributed by atoms with van der Waals surface area (Å²) in [6, 6.07) is 0.391. The Bertz CT molecular complexity index is 498. The van der Waals surface area contributed by atoms with Crippen molar-refractivity contribution < 1.29 is 9.53 Å². The van der Waals surface area contributed by atoms with Gasteiger partial charge in [-0.05, 0) is 50.6 Å². The van der Waals surface area contributed by atoms with E-state index in [0.717, 1.165) is 19.4 Å². The van der Waals surface area contributed by atoms with E-state index >= 15 is 0 Å². The monoisotopic (exact) mass is 324 g/mol. The number of likely N-dealkylation sites (N-methyl/N-ethyl adjacent to an activating group) is 1. The van der Waals surface area contributed by atoms with Crippen molar-refractivity contribution in [2.24, 2.45) is 0 Å². The van der Waals surface area contributed by atoms with Crippen molar-refractivity contribution in [3.05, 3.63) is 5.82 Å². The number of hydrogen-bond donors (Lipinski definition) is 0. The van der Waals surface area contributed by atoms with Gasteiger partial charge in [-0.2, -0.15) is 0 Å². The van der Waals surface area contributed by atoms with Gasteiger partial charge in [0.1, 0.15) is 6.54 Å². The molecule has 1 aliphatic heterocycles. The minimum Gasteiger partial charge on any atom is -0.376 e. The Morgan fingerprint density at radius 2 is 2.17 bits per heavy atom. The van der Waals surface area contributed by atoms with Gasteiger partial charge in [0, 0.05) is 26.2 Å². The number of rotatable bonds is 7. The molecule has 1 saturated heterocycles. The third-order valence-corrected chi connectivity index (χ3v) is 4.34. The third-order valence-electron chi connectivity index (χ3n) is 4.34. The van der Waals surface area contributed by atoms with E-state index in [1.54, 1.807) is 9.58 Å². The van der Waals surface area contributed by atoms with Gasteiger partial charge in [-0.25, -0.2) is 4.68 Å². The average Bonchev–Trinajstić information content (AvgIpc) is 2.95. The van der Waals surface area contributed by atoms with Gasteiger partial charge in [0.25, 0.3) is 0 Å². The Labute approximate surface area is 137 Å². The van der Waals surface area contributed by atoms with Gasteiger partial charge in [-0.3, -0.25) is 9.69 Å². The predicted octanol–water partition coefficient (Wildman–Crippen LogP) is 0.541. The fourth-order valence-electron chi connectivity index (χ4n) is 2.47. The second-order valence-electron chi connectivity index (χ2n) is 6.52. The third kappa shape index (κ3) is 5.24. The Balaban J connectivity index is 1.88. The molecule has 0 N–H and O–H groups in total. The fraction of sp³-hybridized carbons (Fsp3) is 0.867. The number of aromatic nitrogens is 4. The molecule has 0 aromatic carbocycles. The maximum absolute atomic E-state index is 12.4. The maximum Gasteiger partial charge on any atom is 0.244 e. The van der Waals surface area contributed by atoms with Crippen LogP contribution in [-0.4, -0.2) is 75.3 Å². The largest absolute Gasteiger partial charge is 0.376 e. The maximum atomic E-state index is 12.4. The standard InChI is InChI=1S/C15H28N6O2/c1-12(2)19(3)10-14-16-17-18-21(14)11-15(22)20(4)9-13-7-5-6-8-23-13/h12-13H,5-11H2,1-4H3/t13-/m1/s1. The Kier molecular flexibility index (Phi) is 6.47. The highest BCUT2D eigenvalue weighted by atomic mass is 16.5. The van der Waals surface area contributed by atoms with E-state index in [1.807, 2.05) is 14.1 Å². The highest BCUT2D eigenvalue weighted by Crippen LogP contribution is 2.13. The molecule has 0 spiro atoms. The molecule has 130 valence electrons. The summed E-state index contributed by atoms with van der Waals surface area (Å²) < 4.78 is 7.27. The van der Waals surface area contributed by atoms with Crippen molar-refractivity contribution in [2.45, 2.75) is 58.3 Å². The van der Waals surface area contributed by atoms with Crippen LogP contribution in [0.1, 0.15) is 38.9 Å². The van der Waals surface area contributed by atoms with E-state index in [-0.39, 0.29) is 18.6 Å². The first-order valence-electron chi connectivity index (χ1n) is 8.28. The van der Waals surface area contributed by atoms with Crippen molar-refractivity contribution >= 4 is 5.91 Å². The van der Waals surface area contributed by atoms with Crippen molar-refractivity contribution in [1.29, 1.82) is 0 Å². The predicted molar refractivity (Wildman–Crippen MR) is 85.6 cm³/mol. The minimum atomic E-state index is -0.0000709. The Morgan fingerprint density at radius 1 is 1.39 bits per heavy atom. The van der Waals surface area contributed by atoms with Crippen LogP contribution < -0.4 is 0 Å². The lowest BCUT2D eigenvalue weighted by molar-refractivity contribution is -0.133. The zero-order valence-corrected chi connectivity index (χ0v) is 14.6. The van der Waals surface area contributed by atoms with Gasteiger partial charge in [-0.1, -0.05) is 0 Å². The molecular formula is C15H28N6O2. The Hall–Kier alpha value is -1.54. The molecule has 2 heterocycles. The minimum absolute atomic E-state index is 0.0000709. The highest BCUT2D eigenvalue weighted by Gasteiger charge is 2.20. The van der Waals surface area contributed by atoms with Crippen molar-refractivity contribution in [2.75, 3.05) is 27.2 Å². The number of hydrogen-bond acceptors (Lipinski definition) is 6. The van der Waals surface area contributed by atoms with Gasteiger partial charge in [-0.15, -0.1) is 5.10 Å². The van der Waals surface area contributed by atoms with Gasteiger partial charge in [0.2, 0.25) is 5.91 Å². The van der Waals surface area contributed by atoms with Crippen LogP contribution in [0, 0.1) is 0 Å². The number of amides is 1. The molecule has 1 atom stereocenters. The van der Waals surface area contributed by atoms with Crippen molar-refractivity contribution in [3.8, 4) is 0 Å². The van der Waals surface area contributed by atoms with Crippen molar-refractivity contribution in [1.82, 2.24) is 30.0 Å². The van der Waals surface area contributed by atoms with Gasteiger partial charge >= 0.3 is 0 Å². The molecule has 0 bridgehead atoms. The summed E-state index contributed by atoms with van der Waals surface area (Å²) in [5, 5.41) is 11.7. The quantitative estimate of drug-likeness (QED) is 0.729. The first-order valence-corrected chi connectivity index (χ1v) is 8.28. The lowest BCUT2D eigenvalue weighted by Gasteiger charge is -2.27. The van der Waals surface area contributed by atoms with E-state index < -0.39 is 0 Å². The first kappa shape index (κ1) is 17.8. The van der Waals surface area contributed by atoms with Crippen LogP contribution in [0.5, 0.6) is 0 Å². The van der Waals surface area contributed by atoms with Crippen LogP contribution >= 0.6 is 0 Å². The molecule has 1 aromatic rings. The molecule has 1 aromatic heterocycles. The molecule has 0 saturated carbocycles. The van der Waals surface area contributed by atoms with Crippen LogP contribution in [0.2, 0.25) is 0 Å². The number of carbonyl (C=O) groups is 1. The summed E-state index contributed by atoms with van der Waals surface area (Å²) in [5.74, 6) is 0.705. The smallest absolute Gasteiger partial charge is 0.244 e. The topological polar surface area (TPSA) is 76.4 Å². The summed E-state index contributed by atoms with van der Waals surface area (Å²) in [4.78, 5) is 16.2. The van der Waals surface area contributed by atoms with Crippen LogP contribution in [0.15, 0.2) is 0 Å². The molecular weight excluding hydrogens is 296 g/mol. The van der Waals surface area contributed by atoms with E-state index in [4.69, 9.17) is 4.74 Å². The SMILES string of the molecule is CC(C)N(C)Cc1nnnn1CC(=O)N(C)C[C@H]1CCCCO1. The zero-order valence-electron chi connectivity index (χ0n) is 14.6. The molecule has 8 nitrogen and oxygen atoms in total. The fourth-order valence-corrected chi connectivity index (χ4v) is 2.47. The summed E-state index contributed by atoms with van der Waals surface area (Å²) in [6.07, 6.45) is 3.46.